The van der Waals surface area contributed by atoms with E-state index in [1.807, 2.05) is 42.7 Å². The van der Waals surface area contributed by atoms with Crippen LogP contribution in [-0.4, -0.2) is 26.4 Å². The van der Waals surface area contributed by atoms with Gasteiger partial charge in [0.2, 0.25) is 0 Å². The Balaban J connectivity index is 1.28. The maximum absolute atomic E-state index is 13.9. The topological polar surface area (TPSA) is 55.1 Å². The maximum atomic E-state index is 13.9. The van der Waals surface area contributed by atoms with Crippen molar-refractivity contribution in [1.82, 2.24) is 19.9 Å². The number of benzene rings is 1. The molecule has 0 unspecified atom stereocenters. The zero-order valence-corrected chi connectivity index (χ0v) is 15.8. The fourth-order valence-electron chi connectivity index (χ4n) is 3.64. The van der Waals surface area contributed by atoms with Gasteiger partial charge in [0.05, 0.1) is 17.7 Å². The first-order valence-electron chi connectivity index (χ1n) is 9.57. The lowest BCUT2D eigenvalue weighted by molar-refractivity contribution is 0.242. The van der Waals surface area contributed by atoms with Crippen molar-refractivity contribution in [1.29, 1.82) is 0 Å². The van der Waals surface area contributed by atoms with Crippen LogP contribution < -0.4 is 0 Å². The molecule has 0 saturated heterocycles. The standard InChI is InChI=1S/C23H19FN4O/c24-19-5-2-1-4-18(19)21-8-7-16(12-25-21)14-28-10-9-20-17(15-28)13-26-23(27-20)22-6-3-11-29-22/h1-8,11-13H,9-10,14-15H2. The van der Waals surface area contributed by atoms with Crippen LogP contribution in [0.15, 0.2) is 71.6 Å². The average Bonchev–Trinajstić information content (AvgIpc) is 3.29. The normalized spacial score (nSPS) is 14.0. The van der Waals surface area contributed by atoms with E-state index in [2.05, 4.69) is 19.9 Å². The summed E-state index contributed by atoms with van der Waals surface area (Å²) in [6.07, 6.45) is 6.22. The Morgan fingerprint density at radius 1 is 1.00 bits per heavy atom. The van der Waals surface area contributed by atoms with Crippen molar-refractivity contribution in [3.8, 4) is 22.8 Å². The van der Waals surface area contributed by atoms with Gasteiger partial charge in [0, 0.05) is 49.6 Å². The lowest BCUT2D eigenvalue weighted by Gasteiger charge is -2.27. The number of hydrogen-bond acceptors (Lipinski definition) is 5. The molecule has 144 valence electrons. The van der Waals surface area contributed by atoms with E-state index >= 15 is 0 Å². The third kappa shape index (κ3) is 3.67. The summed E-state index contributed by atoms with van der Waals surface area (Å²) in [6, 6.07) is 14.3. The SMILES string of the molecule is Fc1ccccc1-c1ccc(CN2CCc3nc(-c4ccco4)ncc3C2)cn1. The number of furan rings is 1. The van der Waals surface area contributed by atoms with E-state index in [-0.39, 0.29) is 5.82 Å². The minimum atomic E-state index is -0.255. The summed E-state index contributed by atoms with van der Waals surface area (Å²) in [6.45, 7) is 2.49. The van der Waals surface area contributed by atoms with Gasteiger partial charge < -0.3 is 4.42 Å². The molecular formula is C23H19FN4O. The molecule has 5 nitrogen and oxygen atoms in total. The summed E-state index contributed by atoms with van der Waals surface area (Å²) in [5, 5.41) is 0. The molecule has 0 aliphatic carbocycles. The number of nitrogens with zero attached hydrogens (tertiary/aromatic N) is 4. The minimum Gasteiger partial charge on any atom is -0.461 e. The van der Waals surface area contributed by atoms with Crippen molar-refractivity contribution in [2.24, 2.45) is 0 Å². The van der Waals surface area contributed by atoms with Crippen LogP contribution in [0.2, 0.25) is 0 Å². The highest BCUT2D eigenvalue weighted by Gasteiger charge is 2.19. The molecule has 0 spiro atoms. The maximum Gasteiger partial charge on any atom is 0.195 e. The molecule has 6 heteroatoms. The number of pyridine rings is 1. The highest BCUT2D eigenvalue weighted by Crippen LogP contribution is 2.24. The Morgan fingerprint density at radius 2 is 1.93 bits per heavy atom. The number of hydrogen-bond donors (Lipinski definition) is 0. The van der Waals surface area contributed by atoms with E-state index in [1.54, 1.807) is 18.4 Å². The summed E-state index contributed by atoms with van der Waals surface area (Å²) in [5.74, 6) is 1.07. The van der Waals surface area contributed by atoms with Gasteiger partial charge in [0.25, 0.3) is 0 Å². The molecule has 0 atom stereocenters. The molecule has 1 aliphatic rings. The average molecular weight is 386 g/mol. The molecule has 0 fully saturated rings. The molecule has 1 aliphatic heterocycles. The van der Waals surface area contributed by atoms with E-state index in [0.29, 0.717) is 22.8 Å². The molecule has 3 aromatic heterocycles. The van der Waals surface area contributed by atoms with Crippen molar-refractivity contribution >= 4 is 0 Å². The van der Waals surface area contributed by atoms with E-state index in [1.165, 1.54) is 6.07 Å². The molecular weight excluding hydrogens is 367 g/mol. The van der Waals surface area contributed by atoms with Crippen LogP contribution >= 0.6 is 0 Å². The van der Waals surface area contributed by atoms with Gasteiger partial charge in [-0.25, -0.2) is 14.4 Å². The van der Waals surface area contributed by atoms with Crippen LogP contribution in [0.5, 0.6) is 0 Å². The van der Waals surface area contributed by atoms with E-state index in [4.69, 9.17) is 4.42 Å². The van der Waals surface area contributed by atoms with Gasteiger partial charge in [0.1, 0.15) is 5.82 Å². The second-order valence-electron chi connectivity index (χ2n) is 7.14. The van der Waals surface area contributed by atoms with E-state index < -0.39 is 0 Å². The lowest BCUT2D eigenvalue weighted by Crippen LogP contribution is -2.31. The van der Waals surface area contributed by atoms with Crippen molar-refractivity contribution in [3.63, 3.8) is 0 Å². The van der Waals surface area contributed by atoms with Crippen molar-refractivity contribution < 1.29 is 8.81 Å². The Labute approximate surface area is 167 Å². The summed E-state index contributed by atoms with van der Waals surface area (Å²) in [7, 11) is 0. The quantitative estimate of drug-likeness (QED) is 0.517. The highest BCUT2D eigenvalue weighted by atomic mass is 19.1. The molecule has 29 heavy (non-hydrogen) atoms. The Bertz CT molecular complexity index is 1130. The molecule has 0 bridgehead atoms. The Hall–Kier alpha value is -3.38. The van der Waals surface area contributed by atoms with Gasteiger partial charge in [-0.3, -0.25) is 9.88 Å². The molecule has 4 heterocycles. The zero-order valence-electron chi connectivity index (χ0n) is 15.8. The smallest absolute Gasteiger partial charge is 0.195 e. The largest absolute Gasteiger partial charge is 0.461 e. The van der Waals surface area contributed by atoms with Crippen LogP contribution in [0.3, 0.4) is 0 Å². The second kappa shape index (κ2) is 7.56. The number of halogens is 1. The minimum absolute atomic E-state index is 0.255. The third-order valence-corrected chi connectivity index (χ3v) is 5.14. The fourth-order valence-corrected chi connectivity index (χ4v) is 3.64. The molecule has 0 saturated carbocycles. The second-order valence-corrected chi connectivity index (χ2v) is 7.14. The van der Waals surface area contributed by atoms with Gasteiger partial charge in [-0.15, -0.1) is 0 Å². The van der Waals surface area contributed by atoms with Gasteiger partial charge in [-0.05, 0) is 35.9 Å². The summed E-state index contributed by atoms with van der Waals surface area (Å²) in [4.78, 5) is 15.9. The van der Waals surface area contributed by atoms with Crippen molar-refractivity contribution in [3.05, 3.63) is 89.8 Å². The lowest BCUT2D eigenvalue weighted by atomic mass is 10.1. The molecule has 0 radical (unpaired) electrons. The molecule has 1 aromatic carbocycles. The highest BCUT2D eigenvalue weighted by molar-refractivity contribution is 5.59. The first-order valence-corrected chi connectivity index (χ1v) is 9.57. The molecule has 0 N–H and O–H groups in total. The van der Waals surface area contributed by atoms with E-state index in [9.17, 15) is 4.39 Å². The molecule has 5 rings (SSSR count). The summed E-state index contributed by atoms with van der Waals surface area (Å²) in [5.41, 5.74) is 4.49. The van der Waals surface area contributed by atoms with Crippen LogP contribution in [-0.2, 0) is 19.5 Å². The van der Waals surface area contributed by atoms with Crippen LogP contribution in [0.25, 0.3) is 22.8 Å². The predicted octanol–water partition coefficient (Wildman–Crippen LogP) is 4.50. The number of aromatic nitrogens is 3. The monoisotopic (exact) mass is 386 g/mol. The summed E-state index contributed by atoms with van der Waals surface area (Å²) < 4.78 is 19.3. The van der Waals surface area contributed by atoms with Crippen LogP contribution in [0.4, 0.5) is 4.39 Å². The fraction of sp³-hybridized carbons (Fsp3) is 0.174. The van der Waals surface area contributed by atoms with Gasteiger partial charge in [-0.2, -0.15) is 0 Å². The van der Waals surface area contributed by atoms with Gasteiger partial charge in [-0.1, -0.05) is 18.2 Å². The van der Waals surface area contributed by atoms with Gasteiger partial charge >= 0.3 is 0 Å². The Morgan fingerprint density at radius 3 is 2.72 bits per heavy atom. The molecule has 4 aromatic rings. The zero-order chi connectivity index (χ0) is 19.6. The van der Waals surface area contributed by atoms with Crippen molar-refractivity contribution in [2.45, 2.75) is 19.5 Å². The van der Waals surface area contributed by atoms with Crippen molar-refractivity contribution in [2.75, 3.05) is 6.54 Å². The first-order chi connectivity index (χ1) is 14.3. The number of rotatable bonds is 4. The van der Waals surface area contributed by atoms with E-state index in [0.717, 1.165) is 42.9 Å². The predicted molar refractivity (Wildman–Crippen MR) is 107 cm³/mol. The number of fused-ring (bicyclic) bond motifs is 1. The van der Waals surface area contributed by atoms with Crippen LogP contribution in [0.1, 0.15) is 16.8 Å². The first kappa shape index (κ1) is 17.7. The molecule has 0 amide bonds. The Kier molecular flexibility index (Phi) is 4.62. The van der Waals surface area contributed by atoms with Gasteiger partial charge in [0.15, 0.2) is 11.6 Å². The summed E-state index contributed by atoms with van der Waals surface area (Å²) >= 11 is 0. The third-order valence-electron chi connectivity index (χ3n) is 5.14. The van der Waals surface area contributed by atoms with Crippen LogP contribution in [0, 0.1) is 5.82 Å².